The molecular formula is C20H20N6O2. The second-order valence-electron chi connectivity index (χ2n) is 6.54. The molecule has 0 saturated carbocycles. The maximum atomic E-state index is 12.6. The van der Waals surface area contributed by atoms with Crippen LogP contribution < -0.4 is 15.5 Å². The molecule has 0 atom stereocenters. The van der Waals surface area contributed by atoms with Gasteiger partial charge in [-0.15, -0.1) is 0 Å². The predicted octanol–water partition coefficient (Wildman–Crippen LogP) is 1.70. The summed E-state index contributed by atoms with van der Waals surface area (Å²) in [4.78, 5) is 31.1. The molecule has 1 aliphatic heterocycles. The van der Waals surface area contributed by atoms with Gasteiger partial charge < -0.3 is 15.5 Å². The number of benzene rings is 1. The number of hydrogen-bond acceptors (Lipinski definition) is 5. The van der Waals surface area contributed by atoms with Crippen molar-refractivity contribution < 1.29 is 9.59 Å². The highest BCUT2D eigenvalue weighted by molar-refractivity contribution is 6.04. The molecule has 0 radical (unpaired) electrons. The SMILES string of the molecule is Cn1nccc1CNC(=O)c1cnc2c(c1)N(Cc1ccccc1)C(=O)CN2. The van der Waals surface area contributed by atoms with Crippen molar-refractivity contribution in [1.82, 2.24) is 20.1 Å². The van der Waals surface area contributed by atoms with Crippen molar-refractivity contribution >= 4 is 23.3 Å². The van der Waals surface area contributed by atoms with Crippen molar-refractivity contribution in [3.63, 3.8) is 0 Å². The molecule has 8 nitrogen and oxygen atoms in total. The lowest BCUT2D eigenvalue weighted by Gasteiger charge is -2.29. The average Bonchev–Trinajstić information content (AvgIpc) is 3.13. The topological polar surface area (TPSA) is 92.2 Å². The van der Waals surface area contributed by atoms with E-state index in [2.05, 4.69) is 20.7 Å². The van der Waals surface area contributed by atoms with Crippen LogP contribution >= 0.6 is 0 Å². The Kier molecular flexibility index (Phi) is 4.76. The molecule has 2 amide bonds. The number of carbonyl (C=O) groups is 2. The quantitative estimate of drug-likeness (QED) is 0.707. The number of amides is 2. The number of rotatable bonds is 5. The minimum Gasteiger partial charge on any atom is -0.359 e. The Labute approximate surface area is 162 Å². The number of nitrogens with one attached hydrogen (secondary N) is 2. The van der Waals surface area contributed by atoms with Crippen LogP contribution in [-0.2, 0) is 24.9 Å². The molecule has 1 aromatic carbocycles. The molecule has 28 heavy (non-hydrogen) atoms. The van der Waals surface area contributed by atoms with Gasteiger partial charge in [-0.1, -0.05) is 30.3 Å². The Balaban J connectivity index is 1.56. The highest BCUT2D eigenvalue weighted by Crippen LogP contribution is 2.29. The summed E-state index contributed by atoms with van der Waals surface area (Å²) in [5, 5.41) is 9.96. The molecule has 0 unspecified atom stereocenters. The first-order valence-corrected chi connectivity index (χ1v) is 8.95. The van der Waals surface area contributed by atoms with E-state index >= 15 is 0 Å². The monoisotopic (exact) mass is 376 g/mol. The molecule has 0 fully saturated rings. The summed E-state index contributed by atoms with van der Waals surface area (Å²) in [7, 11) is 1.82. The van der Waals surface area contributed by atoms with Gasteiger partial charge in [0.2, 0.25) is 5.91 Å². The van der Waals surface area contributed by atoms with Gasteiger partial charge >= 0.3 is 0 Å². The van der Waals surface area contributed by atoms with Crippen LogP contribution in [0, 0.1) is 0 Å². The number of pyridine rings is 1. The summed E-state index contributed by atoms with van der Waals surface area (Å²) >= 11 is 0. The zero-order chi connectivity index (χ0) is 19.5. The van der Waals surface area contributed by atoms with Crippen LogP contribution in [0.25, 0.3) is 0 Å². The lowest BCUT2D eigenvalue weighted by molar-refractivity contribution is -0.117. The van der Waals surface area contributed by atoms with Gasteiger partial charge in [-0.3, -0.25) is 14.3 Å². The smallest absolute Gasteiger partial charge is 0.253 e. The second-order valence-corrected chi connectivity index (χ2v) is 6.54. The molecule has 1 aliphatic rings. The summed E-state index contributed by atoms with van der Waals surface area (Å²) < 4.78 is 1.70. The summed E-state index contributed by atoms with van der Waals surface area (Å²) in [6, 6.07) is 13.3. The van der Waals surface area contributed by atoms with Gasteiger partial charge in [0.25, 0.3) is 5.91 Å². The fourth-order valence-electron chi connectivity index (χ4n) is 3.10. The first kappa shape index (κ1) is 17.7. The summed E-state index contributed by atoms with van der Waals surface area (Å²) in [5.41, 5.74) is 2.90. The minimum absolute atomic E-state index is 0.0643. The molecule has 8 heteroatoms. The third-order valence-corrected chi connectivity index (χ3v) is 4.66. The van der Waals surface area contributed by atoms with E-state index in [9.17, 15) is 9.59 Å². The highest BCUT2D eigenvalue weighted by Gasteiger charge is 2.26. The number of anilines is 2. The number of nitrogens with zero attached hydrogens (tertiary/aromatic N) is 4. The molecule has 142 valence electrons. The first-order chi connectivity index (χ1) is 13.6. The van der Waals surface area contributed by atoms with Gasteiger partial charge in [-0.2, -0.15) is 5.10 Å². The molecule has 4 rings (SSSR count). The van der Waals surface area contributed by atoms with Crippen molar-refractivity contribution in [2.24, 2.45) is 7.05 Å². The highest BCUT2D eigenvalue weighted by atomic mass is 16.2. The maximum Gasteiger partial charge on any atom is 0.253 e. The lowest BCUT2D eigenvalue weighted by Crippen LogP contribution is -2.40. The predicted molar refractivity (Wildman–Crippen MR) is 105 cm³/mol. The van der Waals surface area contributed by atoms with Crippen LogP contribution in [0.2, 0.25) is 0 Å². The van der Waals surface area contributed by atoms with E-state index in [1.54, 1.807) is 21.8 Å². The van der Waals surface area contributed by atoms with E-state index in [4.69, 9.17) is 0 Å². The molecule has 0 aliphatic carbocycles. The van der Waals surface area contributed by atoms with Gasteiger partial charge in [-0.05, 0) is 17.7 Å². The molecule has 2 aromatic heterocycles. The number of hydrogen-bond donors (Lipinski definition) is 2. The van der Waals surface area contributed by atoms with E-state index < -0.39 is 0 Å². The number of carbonyl (C=O) groups excluding carboxylic acids is 2. The van der Waals surface area contributed by atoms with Crippen molar-refractivity contribution in [3.8, 4) is 0 Å². The molecule has 2 N–H and O–H groups in total. The normalized spacial score (nSPS) is 13.0. The van der Waals surface area contributed by atoms with Gasteiger partial charge in [-0.25, -0.2) is 4.98 Å². The van der Waals surface area contributed by atoms with Crippen molar-refractivity contribution in [2.75, 3.05) is 16.8 Å². The first-order valence-electron chi connectivity index (χ1n) is 8.95. The fourth-order valence-corrected chi connectivity index (χ4v) is 3.10. The summed E-state index contributed by atoms with van der Waals surface area (Å²) in [5.74, 6) is 0.276. The fraction of sp³-hybridized carbons (Fsp3) is 0.200. The summed E-state index contributed by atoms with van der Waals surface area (Å²) in [6.45, 7) is 0.965. The van der Waals surface area contributed by atoms with Crippen LogP contribution in [0.3, 0.4) is 0 Å². The van der Waals surface area contributed by atoms with Crippen LogP contribution in [0.4, 0.5) is 11.5 Å². The van der Waals surface area contributed by atoms with E-state index in [1.807, 2.05) is 43.4 Å². The van der Waals surface area contributed by atoms with Crippen LogP contribution in [0.1, 0.15) is 21.6 Å². The van der Waals surface area contributed by atoms with Crippen molar-refractivity contribution in [2.45, 2.75) is 13.1 Å². The van der Waals surface area contributed by atoms with Gasteiger partial charge in [0, 0.05) is 19.4 Å². The number of aryl methyl sites for hydroxylation is 1. The third-order valence-electron chi connectivity index (χ3n) is 4.66. The van der Waals surface area contributed by atoms with Crippen LogP contribution in [-0.4, -0.2) is 33.1 Å². The zero-order valence-corrected chi connectivity index (χ0v) is 15.4. The van der Waals surface area contributed by atoms with Gasteiger partial charge in [0.15, 0.2) is 5.82 Å². The molecule has 0 spiro atoms. The second kappa shape index (κ2) is 7.51. The Morgan fingerprint density at radius 3 is 2.82 bits per heavy atom. The van der Waals surface area contributed by atoms with Crippen LogP contribution in [0.5, 0.6) is 0 Å². The van der Waals surface area contributed by atoms with Gasteiger partial charge in [0.05, 0.1) is 36.6 Å². The zero-order valence-electron chi connectivity index (χ0n) is 15.4. The number of aromatic nitrogens is 3. The largest absolute Gasteiger partial charge is 0.359 e. The Morgan fingerprint density at radius 1 is 1.25 bits per heavy atom. The van der Waals surface area contributed by atoms with E-state index in [-0.39, 0.29) is 18.4 Å². The van der Waals surface area contributed by atoms with Crippen molar-refractivity contribution in [3.05, 3.63) is 71.7 Å². The Bertz CT molecular complexity index is 1010. The molecular weight excluding hydrogens is 356 g/mol. The third kappa shape index (κ3) is 3.57. The maximum absolute atomic E-state index is 12.6. The van der Waals surface area contributed by atoms with E-state index in [0.717, 1.165) is 11.3 Å². The van der Waals surface area contributed by atoms with Crippen LogP contribution in [0.15, 0.2) is 54.9 Å². The lowest BCUT2D eigenvalue weighted by atomic mass is 10.1. The standard InChI is InChI=1S/C20H20N6O2/c1-25-16(7-8-24-25)11-23-20(28)15-9-17-19(21-10-15)22-12-18(27)26(17)13-14-5-3-2-4-6-14/h2-10H,11-13H2,1H3,(H,21,22)(H,23,28). The number of fused-ring (bicyclic) bond motifs is 1. The molecule has 0 saturated heterocycles. The Morgan fingerprint density at radius 2 is 2.07 bits per heavy atom. The molecule has 3 aromatic rings. The molecule has 3 heterocycles. The Hall–Kier alpha value is -3.68. The summed E-state index contributed by atoms with van der Waals surface area (Å²) in [6.07, 6.45) is 3.20. The van der Waals surface area contributed by atoms with Gasteiger partial charge in [0.1, 0.15) is 0 Å². The van der Waals surface area contributed by atoms with E-state index in [0.29, 0.717) is 30.2 Å². The molecule has 0 bridgehead atoms. The van der Waals surface area contributed by atoms with E-state index in [1.165, 1.54) is 6.20 Å². The average molecular weight is 376 g/mol. The minimum atomic E-state index is -0.255. The van der Waals surface area contributed by atoms with Crippen molar-refractivity contribution in [1.29, 1.82) is 0 Å².